The topological polar surface area (TPSA) is 62.2 Å². The van der Waals surface area contributed by atoms with Gasteiger partial charge in [-0.05, 0) is 86.2 Å². The van der Waals surface area contributed by atoms with Crippen LogP contribution in [0.3, 0.4) is 0 Å². The highest BCUT2D eigenvalue weighted by molar-refractivity contribution is 7.80. The lowest BCUT2D eigenvalue weighted by Crippen LogP contribution is -2.29. The van der Waals surface area contributed by atoms with Crippen LogP contribution in [-0.2, 0) is 4.79 Å². The van der Waals surface area contributed by atoms with Gasteiger partial charge in [0.15, 0.2) is 5.11 Å². The molecule has 6 nitrogen and oxygen atoms in total. The van der Waals surface area contributed by atoms with Gasteiger partial charge in [0.25, 0.3) is 0 Å². The van der Waals surface area contributed by atoms with Crippen molar-refractivity contribution >= 4 is 34.6 Å². The number of nitrogens with zero attached hydrogens (tertiary/aromatic N) is 3. The second-order valence-electron chi connectivity index (χ2n) is 8.84. The second kappa shape index (κ2) is 9.54. The molecule has 1 amide bonds. The molecule has 1 saturated heterocycles. The Kier molecular flexibility index (Phi) is 6.28. The van der Waals surface area contributed by atoms with Crippen LogP contribution in [0.4, 0.5) is 15.8 Å². The van der Waals surface area contributed by atoms with Gasteiger partial charge in [0.2, 0.25) is 5.91 Å². The van der Waals surface area contributed by atoms with E-state index in [1.165, 1.54) is 13.0 Å². The largest absolute Gasteiger partial charge is 0.351 e. The summed E-state index contributed by atoms with van der Waals surface area (Å²) in [4.78, 5) is 18.2. The fraction of sp³-hybridized carbons (Fsp3) is 0.179. The van der Waals surface area contributed by atoms with Crippen LogP contribution >= 0.6 is 12.2 Å². The molecule has 2 atom stereocenters. The van der Waals surface area contributed by atoms with E-state index in [2.05, 4.69) is 26.6 Å². The average Bonchev–Trinajstić information content (AvgIpc) is 3.35. The third kappa shape index (κ3) is 4.24. The Morgan fingerprint density at radius 1 is 1.06 bits per heavy atom. The minimum Gasteiger partial charge on any atom is -0.351 e. The molecule has 2 aromatic heterocycles. The van der Waals surface area contributed by atoms with E-state index in [0.717, 1.165) is 28.3 Å². The van der Waals surface area contributed by atoms with E-state index in [4.69, 9.17) is 12.2 Å². The molecular weight excluding hydrogens is 473 g/mol. The van der Waals surface area contributed by atoms with Crippen molar-refractivity contribution in [1.82, 2.24) is 14.9 Å². The van der Waals surface area contributed by atoms with Crippen LogP contribution in [0.15, 0.2) is 79.0 Å². The van der Waals surface area contributed by atoms with Crippen LogP contribution in [0.1, 0.15) is 41.7 Å². The number of carbonyl (C=O) groups is 1. The highest BCUT2D eigenvalue weighted by Gasteiger charge is 2.42. The molecule has 5 rings (SSSR count). The summed E-state index contributed by atoms with van der Waals surface area (Å²) >= 11 is 5.83. The van der Waals surface area contributed by atoms with Crippen LogP contribution in [0, 0.1) is 19.7 Å². The maximum Gasteiger partial charge on any atom is 0.221 e. The van der Waals surface area contributed by atoms with Gasteiger partial charge in [-0.2, -0.15) is 0 Å². The molecule has 8 heteroatoms. The normalized spacial score (nSPS) is 17.2. The minimum absolute atomic E-state index is 0.130. The lowest BCUT2D eigenvalue weighted by Gasteiger charge is -2.28. The smallest absolute Gasteiger partial charge is 0.221 e. The number of halogens is 1. The lowest BCUT2D eigenvalue weighted by atomic mass is 9.96. The molecule has 0 aliphatic carbocycles. The van der Waals surface area contributed by atoms with E-state index < -0.39 is 0 Å². The number of nitrogens with one attached hydrogen (secondary N) is 2. The Morgan fingerprint density at radius 2 is 1.78 bits per heavy atom. The highest BCUT2D eigenvalue weighted by Crippen LogP contribution is 2.44. The standard InChI is InChI=1S/C28H26FN5OS/c1-17-16-22(18(2)33(17)25-10-5-4-8-23(25)29)27-26(24-9-6-7-15-30-24)32-28(36)34(27)21-13-11-20(12-14-21)31-19(3)35/h4-16,26-27H,1-3H3,(H,31,35)(H,32,36)/t26-,27-/m1/s1. The van der Waals surface area contributed by atoms with Crippen molar-refractivity contribution in [3.63, 3.8) is 0 Å². The Hall–Kier alpha value is -4.04. The average molecular weight is 500 g/mol. The molecule has 0 radical (unpaired) electrons. The molecule has 2 N–H and O–H groups in total. The first kappa shape index (κ1) is 23.7. The number of rotatable bonds is 5. The Balaban J connectivity index is 1.64. The van der Waals surface area contributed by atoms with Crippen molar-refractivity contribution in [2.24, 2.45) is 0 Å². The number of benzene rings is 2. The Morgan fingerprint density at radius 3 is 2.44 bits per heavy atom. The lowest BCUT2D eigenvalue weighted by molar-refractivity contribution is -0.114. The number of aryl methyl sites for hydroxylation is 1. The minimum atomic E-state index is -0.280. The summed E-state index contributed by atoms with van der Waals surface area (Å²) in [5, 5.41) is 6.83. The molecule has 1 aliphatic rings. The van der Waals surface area contributed by atoms with Crippen molar-refractivity contribution in [3.8, 4) is 5.69 Å². The Labute approximate surface area is 214 Å². The summed E-state index contributed by atoms with van der Waals surface area (Å²) < 4.78 is 16.7. The molecule has 4 aromatic rings. The zero-order valence-electron chi connectivity index (χ0n) is 20.2. The highest BCUT2D eigenvalue weighted by atomic mass is 32.1. The summed E-state index contributed by atoms with van der Waals surface area (Å²) in [6.45, 7) is 5.46. The third-order valence-electron chi connectivity index (χ3n) is 6.45. The predicted octanol–water partition coefficient (Wildman–Crippen LogP) is 5.76. The zero-order chi connectivity index (χ0) is 25.4. The summed E-state index contributed by atoms with van der Waals surface area (Å²) in [5.41, 5.74) is 5.82. The van der Waals surface area contributed by atoms with Gasteiger partial charge < -0.3 is 20.1 Å². The van der Waals surface area contributed by atoms with E-state index in [1.807, 2.05) is 66.9 Å². The molecule has 3 heterocycles. The molecule has 182 valence electrons. The molecule has 0 saturated carbocycles. The maximum atomic E-state index is 14.8. The van der Waals surface area contributed by atoms with Crippen LogP contribution in [0.2, 0.25) is 0 Å². The van der Waals surface area contributed by atoms with E-state index in [0.29, 0.717) is 16.5 Å². The zero-order valence-corrected chi connectivity index (χ0v) is 21.0. The summed E-state index contributed by atoms with van der Waals surface area (Å²) in [7, 11) is 0. The first-order valence-electron chi connectivity index (χ1n) is 11.7. The van der Waals surface area contributed by atoms with Crippen LogP contribution in [0.5, 0.6) is 0 Å². The molecule has 2 aromatic carbocycles. The van der Waals surface area contributed by atoms with Gasteiger partial charge in [0, 0.05) is 35.9 Å². The number of hydrogen-bond donors (Lipinski definition) is 2. The van der Waals surface area contributed by atoms with Gasteiger partial charge >= 0.3 is 0 Å². The van der Waals surface area contributed by atoms with Gasteiger partial charge in [-0.1, -0.05) is 18.2 Å². The number of hydrogen-bond acceptors (Lipinski definition) is 3. The van der Waals surface area contributed by atoms with Crippen LogP contribution < -0.4 is 15.5 Å². The molecule has 0 unspecified atom stereocenters. The fourth-order valence-corrected chi connectivity index (χ4v) is 5.29. The second-order valence-corrected chi connectivity index (χ2v) is 9.22. The van der Waals surface area contributed by atoms with Crippen LogP contribution in [-0.4, -0.2) is 20.6 Å². The van der Waals surface area contributed by atoms with E-state index in [9.17, 15) is 9.18 Å². The number of amides is 1. The number of anilines is 2. The SMILES string of the molecule is CC(=O)Nc1ccc(N2C(=S)N[C@H](c3ccccn3)[C@H]2c2cc(C)n(-c3ccccc3F)c2C)cc1. The van der Waals surface area contributed by atoms with Gasteiger partial charge in [-0.25, -0.2) is 4.39 Å². The van der Waals surface area contributed by atoms with Gasteiger partial charge in [0.05, 0.1) is 23.5 Å². The first-order valence-corrected chi connectivity index (χ1v) is 12.1. The van der Waals surface area contributed by atoms with Crippen LogP contribution in [0.25, 0.3) is 5.69 Å². The molecule has 1 aliphatic heterocycles. The quantitative estimate of drug-likeness (QED) is 0.342. The van der Waals surface area contributed by atoms with Crippen molar-refractivity contribution in [2.75, 3.05) is 10.2 Å². The van der Waals surface area contributed by atoms with Crippen molar-refractivity contribution in [3.05, 3.63) is 107 Å². The molecule has 36 heavy (non-hydrogen) atoms. The number of carbonyl (C=O) groups excluding carboxylic acids is 1. The number of pyridine rings is 1. The van der Waals surface area contributed by atoms with Crippen molar-refractivity contribution in [1.29, 1.82) is 0 Å². The van der Waals surface area contributed by atoms with Gasteiger partial charge in [0.1, 0.15) is 5.82 Å². The molecule has 0 bridgehead atoms. The maximum absolute atomic E-state index is 14.8. The fourth-order valence-electron chi connectivity index (χ4n) is 4.95. The van der Waals surface area contributed by atoms with Gasteiger partial charge in [-0.3, -0.25) is 9.78 Å². The monoisotopic (exact) mass is 499 g/mol. The molecule has 0 spiro atoms. The van der Waals surface area contributed by atoms with E-state index >= 15 is 0 Å². The number of thiocarbonyl (C=S) groups is 1. The van der Waals surface area contributed by atoms with E-state index in [1.54, 1.807) is 18.3 Å². The summed E-state index contributed by atoms with van der Waals surface area (Å²) in [6, 6.07) is 21.8. The Bertz CT molecular complexity index is 1430. The third-order valence-corrected chi connectivity index (χ3v) is 6.76. The predicted molar refractivity (Wildman–Crippen MR) is 144 cm³/mol. The summed E-state index contributed by atoms with van der Waals surface area (Å²) in [5.74, 6) is -0.410. The summed E-state index contributed by atoms with van der Waals surface area (Å²) in [6.07, 6.45) is 1.77. The van der Waals surface area contributed by atoms with Gasteiger partial charge in [-0.15, -0.1) is 0 Å². The molecular formula is C28H26FN5OS. The van der Waals surface area contributed by atoms with E-state index in [-0.39, 0.29) is 23.8 Å². The van der Waals surface area contributed by atoms with Crippen molar-refractivity contribution in [2.45, 2.75) is 32.9 Å². The van der Waals surface area contributed by atoms with Crippen molar-refractivity contribution < 1.29 is 9.18 Å². The number of para-hydroxylation sites is 1. The molecule has 1 fully saturated rings. The first-order chi connectivity index (χ1) is 17.3. The number of aromatic nitrogens is 2.